The van der Waals surface area contributed by atoms with E-state index in [1.54, 1.807) is 0 Å². The van der Waals surface area contributed by atoms with Crippen LogP contribution in [0.4, 0.5) is 0 Å². The van der Waals surface area contributed by atoms with Gasteiger partial charge in [0.25, 0.3) is 0 Å². The third-order valence-corrected chi connectivity index (χ3v) is 3.46. The van der Waals surface area contributed by atoms with Crippen molar-refractivity contribution in [1.82, 2.24) is 4.90 Å². The molecule has 0 bridgehead atoms. The van der Waals surface area contributed by atoms with Crippen molar-refractivity contribution in [3.05, 3.63) is 35.4 Å². The van der Waals surface area contributed by atoms with Crippen molar-refractivity contribution in [1.29, 1.82) is 0 Å². The average molecular weight is 203 g/mol. The molecule has 1 unspecified atom stereocenters. The summed E-state index contributed by atoms with van der Waals surface area (Å²) >= 11 is 0. The molecule has 1 aliphatic heterocycles. The first-order valence-corrected chi connectivity index (χ1v) is 5.84. The standard InChI is InChI=1S/C14H21N/c1-11-13-8-6-5-7-12(13)9-10-15(11)14(2,3)4/h5-8,11H,9-10H2,1-4H3. The molecule has 1 aliphatic rings. The number of rotatable bonds is 0. The monoisotopic (exact) mass is 203 g/mol. The maximum absolute atomic E-state index is 2.59. The van der Waals surface area contributed by atoms with Crippen LogP contribution in [0.1, 0.15) is 44.9 Å². The summed E-state index contributed by atoms with van der Waals surface area (Å²) in [5.41, 5.74) is 3.32. The summed E-state index contributed by atoms with van der Waals surface area (Å²) in [7, 11) is 0. The van der Waals surface area contributed by atoms with E-state index in [0.29, 0.717) is 6.04 Å². The highest BCUT2D eigenvalue weighted by atomic mass is 15.2. The molecule has 1 nitrogen and oxygen atoms in total. The van der Waals surface area contributed by atoms with Gasteiger partial charge in [-0.05, 0) is 45.2 Å². The second-order valence-corrected chi connectivity index (χ2v) is 5.49. The largest absolute Gasteiger partial charge is 0.291 e. The Morgan fingerprint density at radius 2 is 1.87 bits per heavy atom. The number of fused-ring (bicyclic) bond motifs is 1. The Morgan fingerprint density at radius 3 is 2.53 bits per heavy atom. The predicted molar refractivity (Wildman–Crippen MR) is 65.0 cm³/mol. The van der Waals surface area contributed by atoms with Crippen molar-refractivity contribution >= 4 is 0 Å². The first-order chi connectivity index (χ1) is 7.00. The van der Waals surface area contributed by atoms with Gasteiger partial charge in [-0.25, -0.2) is 0 Å². The van der Waals surface area contributed by atoms with Crippen LogP contribution in [-0.2, 0) is 6.42 Å². The fourth-order valence-electron chi connectivity index (χ4n) is 2.69. The van der Waals surface area contributed by atoms with Gasteiger partial charge in [-0.1, -0.05) is 24.3 Å². The molecule has 0 aromatic heterocycles. The quantitative estimate of drug-likeness (QED) is 0.624. The van der Waals surface area contributed by atoms with Crippen LogP contribution in [0.2, 0.25) is 0 Å². The van der Waals surface area contributed by atoms with Crippen molar-refractivity contribution in [3.63, 3.8) is 0 Å². The minimum absolute atomic E-state index is 0.271. The Balaban J connectivity index is 2.34. The smallest absolute Gasteiger partial charge is 0.0327 e. The van der Waals surface area contributed by atoms with Gasteiger partial charge in [0.1, 0.15) is 0 Å². The topological polar surface area (TPSA) is 3.24 Å². The fraction of sp³-hybridized carbons (Fsp3) is 0.571. The summed E-state index contributed by atoms with van der Waals surface area (Å²) in [5.74, 6) is 0. The molecule has 15 heavy (non-hydrogen) atoms. The van der Waals surface area contributed by atoms with E-state index in [4.69, 9.17) is 0 Å². The van der Waals surface area contributed by atoms with Crippen molar-refractivity contribution < 1.29 is 0 Å². The zero-order valence-electron chi connectivity index (χ0n) is 10.2. The lowest BCUT2D eigenvalue weighted by atomic mass is 9.90. The van der Waals surface area contributed by atoms with Gasteiger partial charge in [0.15, 0.2) is 0 Å². The maximum atomic E-state index is 2.59. The summed E-state index contributed by atoms with van der Waals surface area (Å²) in [4.78, 5) is 2.59. The van der Waals surface area contributed by atoms with Crippen LogP contribution in [0.15, 0.2) is 24.3 Å². The Morgan fingerprint density at radius 1 is 1.20 bits per heavy atom. The zero-order chi connectivity index (χ0) is 11.1. The molecule has 1 atom stereocenters. The molecule has 1 aromatic rings. The summed E-state index contributed by atoms with van der Waals surface area (Å²) in [5, 5.41) is 0. The molecule has 0 spiro atoms. The molecule has 0 N–H and O–H groups in total. The van der Waals surface area contributed by atoms with E-state index in [9.17, 15) is 0 Å². The second-order valence-electron chi connectivity index (χ2n) is 5.49. The third kappa shape index (κ3) is 1.93. The fourth-order valence-corrected chi connectivity index (χ4v) is 2.69. The van der Waals surface area contributed by atoms with E-state index in [1.807, 2.05) is 0 Å². The van der Waals surface area contributed by atoms with Crippen LogP contribution in [-0.4, -0.2) is 17.0 Å². The normalized spacial score (nSPS) is 22.5. The van der Waals surface area contributed by atoms with E-state index in [1.165, 1.54) is 24.1 Å². The molecule has 0 radical (unpaired) electrons. The van der Waals surface area contributed by atoms with E-state index >= 15 is 0 Å². The summed E-state index contributed by atoms with van der Waals surface area (Å²) < 4.78 is 0. The number of nitrogens with zero attached hydrogens (tertiary/aromatic N) is 1. The highest BCUT2D eigenvalue weighted by Gasteiger charge is 2.30. The van der Waals surface area contributed by atoms with Crippen LogP contribution in [0.25, 0.3) is 0 Å². The van der Waals surface area contributed by atoms with E-state index in [2.05, 4.69) is 56.9 Å². The minimum Gasteiger partial charge on any atom is -0.291 e. The SMILES string of the molecule is CC1c2ccccc2CCN1C(C)(C)C. The van der Waals surface area contributed by atoms with Gasteiger partial charge >= 0.3 is 0 Å². The van der Waals surface area contributed by atoms with Gasteiger partial charge in [-0.2, -0.15) is 0 Å². The molecule has 0 saturated heterocycles. The lowest BCUT2D eigenvalue weighted by Crippen LogP contribution is -2.46. The van der Waals surface area contributed by atoms with Crippen LogP contribution in [0.5, 0.6) is 0 Å². The molecule has 1 heterocycles. The zero-order valence-corrected chi connectivity index (χ0v) is 10.2. The predicted octanol–water partition coefficient (Wildman–Crippen LogP) is 3.40. The molecule has 1 aromatic carbocycles. The first-order valence-electron chi connectivity index (χ1n) is 5.84. The van der Waals surface area contributed by atoms with Crippen LogP contribution in [0, 0.1) is 0 Å². The van der Waals surface area contributed by atoms with E-state index in [0.717, 1.165) is 0 Å². The average Bonchev–Trinajstić information content (AvgIpc) is 2.16. The molecule has 0 aliphatic carbocycles. The lowest BCUT2D eigenvalue weighted by molar-refractivity contribution is 0.0824. The molecule has 0 fully saturated rings. The van der Waals surface area contributed by atoms with E-state index < -0.39 is 0 Å². The summed E-state index contributed by atoms with van der Waals surface area (Å²) in [6.07, 6.45) is 1.19. The summed E-state index contributed by atoms with van der Waals surface area (Å²) in [6.45, 7) is 10.4. The van der Waals surface area contributed by atoms with Gasteiger partial charge in [0, 0.05) is 18.1 Å². The molecule has 82 valence electrons. The van der Waals surface area contributed by atoms with Gasteiger partial charge in [-0.3, -0.25) is 4.90 Å². The van der Waals surface area contributed by atoms with Gasteiger partial charge in [0.05, 0.1) is 0 Å². The second kappa shape index (κ2) is 3.64. The molecule has 0 saturated carbocycles. The highest BCUT2D eigenvalue weighted by Crippen LogP contribution is 2.33. The Bertz CT molecular complexity index is 349. The maximum Gasteiger partial charge on any atom is 0.0327 e. The third-order valence-electron chi connectivity index (χ3n) is 3.46. The van der Waals surface area contributed by atoms with Crippen molar-refractivity contribution in [2.45, 2.75) is 45.7 Å². The van der Waals surface area contributed by atoms with E-state index in [-0.39, 0.29) is 5.54 Å². The number of benzene rings is 1. The Labute approximate surface area is 93.1 Å². The highest BCUT2D eigenvalue weighted by molar-refractivity contribution is 5.32. The molecular formula is C14H21N. The van der Waals surface area contributed by atoms with Gasteiger partial charge in [0.2, 0.25) is 0 Å². The first kappa shape index (κ1) is 10.7. The van der Waals surface area contributed by atoms with Crippen molar-refractivity contribution in [3.8, 4) is 0 Å². The van der Waals surface area contributed by atoms with Crippen LogP contribution in [0.3, 0.4) is 0 Å². The van der Waals surface area contributed by atoms with Crippen LogP contribution < -0.4 is 0 Å². The molecule has 2 rings (SSSR count). The Kier molecular flexibility index (Phi) is 2.59. The van der Waals surface area contributed by atoms with Crippen molar-refractivity contribution in [2.75, 3.05) is 6.54 Å². The van der Waals surface area contributed by atoms with Crippen LogP contribution >= 0.6 is 0 Å². The molecular weight excluding hydrogens is 182 g/mol. The van der Waals surface area contributed by atoms with Gasteiger partial charge < -0.3 is 0 Å². The Hall–Kier alpha value is -0.820. The van der Waals surface area contributed by atoms with Gasteiger partial charge in [-0.15, -0.1) is 0 Å². The lowest BCUT2D eigenvalue weighted by Gasteiger charge is -2.44. The number of hydrogen-bond acceptors (Lipinski definition) is 1. The molecule has 1 heteroatoms. The number of hydrogen-bond donors (Lipinski definition) is 0. The van der Waals surface area contributed by atoms with Crippen molar-refractivity contribution in [2.24, 2.45) is 0 Å². The summed E-state index contributed by atoms with van der Waals surface area (Å²) in [6, 6.07) is 9.40. The molecule has 0 amide bonds. The minimum atomic E-state index is 0.271.